The van der Waals surface area contributed by atoms with E-state index < -0.39 is 0 Å². The normalized spacial score (nSPS) is 10.7. The van der Waals surface area contributed by atoms with Gasteiger partial charge >= 0.3 is 0 Å². The lowest BCUT2D eigenvalue weighted by Gasteiger charge is -1.97. The molecule has 20 heavy (non-hydrogen) atoms. The van der Waals surface area contributed by atoms with Crippen LogP contribution in [0.15, 0.2) is 36.5 Å². The molecule has 2 aromatic heterocycles. The lowest BCUT2D eigenvalue weighted by molar-refractivity contribution is 0.944. The van der Waals surface area contributed by atoms with Gasteiger partial charge in [-0.25, -0.2) is 4.98 Å². The van der Waals surface area contributed by atoms with Crippen LogP contribution in [-0.4, -0.2) is 22.2 Å². The number of hydrogen-bond acceptors (Lipinski definition) is 6. The first-order valence-electron chi connectivity index (χ1n) is 6.35. The Kier molecular flexibility index (Phi) is 4.03. The van der Waals surface area contributed by atoms with Crippen molar-refractivity contribution in [1.82, 2.24) is 15.2 Å². The zero-order valence-corrected chi connectivity index (χ0v) is 12.7. The van der Waals surface area contributed by atoms with E-state index in [0.29, 0.717) is 0 Å². The van der Waals surface area contributed by atoms with E-state index in [1.165, 1.54) is 5.56 Å². The van der Waals surface area contributed by atoms with Crippen molar-refractivity contribution in [1.29, 1.82) is 0 Å². The Morgan fingerprint density at radius 3 is 2.65 bits per heavy atom. The van der Waals surface area contributed by atoms with Crippen LogP contribution in [0.25, 0.3) is 9.88 Å². The van der Waals surface area contributed by atoms with E-state index in [0.717, 1.165) is 32.9 Å². The van der Waals surface area contributed by atoms with Crippen LogP contribution in [0.4, 0.5) is 5.13 Å². The topological polar surface area (TPSA) is 50.7 Å². The van der Waals surface area contributed by atoms with Gasteiger partial charge in [0.1, 0.15) is 0 Å². The van der Waals surface area contributed by atoms with Gasteiger partial charge in [-0.2, -0.15) is 0 Å². The average molecular weight is 302 g/mol. The van der Waals surface area contributed by atoms with E-state index in [4.69, 9.17) is 0 Å². The van der Waals surface area contributed by atoms with E-state index >= 15 is 0 Å². The molecule has 1 N–H and O–H groups in total. The van der Waals surface area contributed by atoms with Gasteiger partial charge < -0.3 is 5.32 Å². The number of hydrogen-bond donors (Lipinski definition) is 1. The summed E-state index contributed by atoms with van der Waals surface area (Å²) in [7, 11) is 1.85. The smallest absolute Gasteiger partial charge is 0.205 e. The second-order valence-electron chi connectivity index (χ2n) is 4.27. The molecule has 2 heterocycles. The van der Waals surface area contributed by atoms with Crippen molar-refractivity contribution in [3.05, 3.63) is 47.1 Å². The number of benzene rings is 1. The van der Waals surface area contributed by atoms with Gasteiger partial charge in [-0.15, -0.1) is 21.5 Å². The number of aromatic nitrogens is 3. The highest BCUT2D eigenvalue weighted by Crippen LogP contribution is 2.30. The van der Waals surface area contributed by atoms with Crippen LogP contribution in [0, 0.1) is 0 Å². The summed E-state index contributed by atoms with van der Waals surface area (Å²) in [6.07, 6.45) is 3.88. The van der Waals surface area contributed by atoms with E-state index in [9.17, 15) is 0 Å². The third kappa shape index (κ3) is 3.02. The van der Waals surface area contributed by atoms with E-state index in [1.54, 1.807) is 22.7 Å². The number of nitrogens with zero attached hydrogens (tertiary/aromatic N) is 3. The first kappa shape index (κ1) is 13.2. The molecule has 3 rings (SSSR count). The third-order valence-corrected chi connectivity index (χ3v) is 5.04. The van der Waals surface area contributed by atoms with Gasteiger partial charge in [0.25, 0.3) is 0 Å². The predicted molar refractivity (Wildman–Crippen MR) is 84.4 cm³/mol. The highest BCUT2D eigenvalue weighted by Gasteiger charge is 2.09. The molecule has 0 aliphatic carbocycles. The van der Waals surface area contributed by atoms with Crippen LogP contribution in [0.3, 0.4) is 0 Å². The standard InChI is InChI=1S/C14H14N4S2/c1-15-14-18-17-13(20-14)11-9-16-12(19-11)8-7-10-5-3-2-4-6-10/h2-6,9H,7-8H2,1H3,(H,15,18). The number of thiazole rings is 1. The fourth-order valence-corrected chi connectivity index (χ4v) is 3.49. The molecule has 0 aliphatic heterocycles. The SMILES string of the molecule is CNc1nnc(-c2cnc(CCc3ccccc3)s2)s1. The first-order valence-corrected chi connectivity index (χ1v) is 7.98. The summed E-state index contributed by atoms with van der Waals surface area (Å²) in [6, 6.07) is 10.5. The lowest BCUT2D eigenvalue weighted by atomic mass is 10.1. The van der Waals surface area contributed by atoms with Gasteiger partial charge in [0.05, 0.1) is 9.88 Å². The Morgan fingerprint density at radius 1 is 1.05 bits per heavy atom. The molecule has 0 radical (unpaired) electrons. The highest BCUT2D eigenvalue weighted by molar-refractivity contribution is 7.23. The molecule has 0 unspecified atom stereocenters. The average Bonchev–Trinajstić information content (AvgIpc) is 3.15. The minimum absolute atomic E-state index is 0.833. The molecule has 1 aromatic carbocycles. The molecular formula is C14H14N4S2. The molecule has 0 saturated carbocycles. The van der Waals surface area contributed by atoms with Crippen molar-refractivity contribution in [3.63, 3.8) is 0 Å². The van der Waals surface area contributed by atoms with Crippen LogP contribution < -0.4 is 5.32 Å². The Bertz CT molecular complexity index is 675. The zero-order chi connectivity index (χ0) is 13.8. The fraction of sp³-hybridized carbons (Fsp3) is 0.214. The second-order valence-corrected chi connectivity index (χ2v) is 6.36. The Hall–Kier alpha value is -1.79. The molecule has 102 valence electrons. The van der Waals surface area contributed by atoms with Crippen LogP contribution in [0.2, 0.25) is 0 Å². The monoisotopic (exact) mass is 302 g/mol. The summed E-state index contributed by atoms with van der Waals surface area (Å²) < 4.78 is 0. The molecule has 0 saturated heterocycles. The molecule has 0 amide bonds. The summed E-state index contributed by atoms with van der Waals surface area (Å²) in [5, 5.41) is 14.1. The lowest BCUT2D eigenvalue weighted by Crippen LogP contribution is -1.89. The quantitative estimate of drug-likeness (QED) is 0.784. The van der Waals surface area contributed by atoms with Gasteiger partial charge in [-0.1, -0.05) is 41.7 Å². The maximum atomic E-state index is 4.48. The van der Waals surface area contributed by atoms with Crippen molar-refractivity contribution in [2.45, 2.75) is 12.8 Å². The van der Waals surface area contributed by atoms with Crippen molar-refractivity contribution in [2.75, 3.05) is 12.4 Å². The van der Waals surface area contributed by atoms with Crippen LogP contribution >= 0.6 is 22.7 Å². The maximum Gasteiger partial charge on any atom is 0.205 e. The highest BCUT2D eigenvalue weighted by atomic mass is 32.1. The van der Waals surface area contributed by atoms with Crippen molar-refractivity contribution in [2.24, 2.45) is 0 Å². The molecule has 4 nitrogen and oxygen atoms in total. The molecule has 0 aliphatic rings. The molecular weight excluding hydrogens is 288 g/mol. The number of anilines is 1. The van der Waals surface area contributed by atoms with Crippen molar-refractivity contribution < 1.29 is 0 Å². The third-order valence-electron chi connectivity index (χ3n) is 2.87. The molecule has 0 spiro atoms. The summed E-state index contributed by atoms with van der Waals surface area (Å²) >= 11 is 3.25. The van der Waals surface area contributed by atoms with Crippen molar-refractivity contribution in [3.8, 4) is 9.88 Å². The molecule has 0 atom stereocenters. The fourth-order valence-electron chi connectivity index (χ4n) is 1.84. The van der Waals surface area contributed by atoms with Crippen molar-refractivity contribution >= 4 is 27.8 Å². The number of rotatable bonds is 5. The summed E-state index contributed by atoms with van der Waals surface area (Å²) in [4.78, 5) is 5.57. The van der Waals surface area contributed by atoms with E-state index in [-0.39, 0.29) is 0 Å². The summed E-state index contributed by atoms with van der Waals surface area (Å²) in [5.74, 6) is 0. The second kappa shape index (κ2) is 6.11. The largest absolute Gasteiger partial charge is 0.363 e. The van der Waals surface area contributed by atoms with Gasteiger partial charge in [-0.05, 0) is 12.0 Å². The minimum Gasteiger partial charge on any atom is -0.363 e. The first-order chi connectivity index (χ1) is 9.85. The van der Waals surface area contributed by atoms with Crippen LogP contribution in [0.5, 0.6) is 0 Å². The van der Waals surface area contributed by atoms with Gasteiger partial charge in [-0.3, -0.25) is 0 Å². The Labute approximate surface area is 125 Å². The zero-order valence-electron chi connectivity index (χ0n) is 11.0. The van der Waals surface area contributed by atoms with E-state index in [2.05, 4.69) is 44.8 Å². The summed E-state index contributed by atoms with van der Waals surface area (Å²) in [6.45, 7) is 0. The molecule has 0 bridgehead atoms. The number of aryl methyl sites for hydroxylation is 2. The summed E-state index contributed by atoms with van der Waals surface area (Å²) in [5.41, 5.74) is 1.35. The maximum absolute atomic E-state index is 4.48. The molecule has 6 heteroatoms. The van der Waals surface area contributed by atoms with Crippen LogP contribution in [-0.2, 0) is 12.8 Å². The van der Waals surface area contributed by atoms with Gasteiger partial charge in [0.2, 0.25) is 5.13 Å². The van der Waals surface area contributed by atoms with Gasteiger partial charge in [0, 0.05) is 19.7 Å². The minimum atomic E-state index is 0.833. The molecule has 0 fully saturated rings. The van der Waals surface area contributed by atoms with E-state index in [1.807, 2.05) is 19.3 Å². The number of nitrogens with one attached hydrogen (secondary N) is 1. The Morgan fingerprint density at radius 2 is 1.90 bits per heavy atom. The predicted octanol–water partition coefficient (Wildman–Crippen LogP) is 3.49. The Balaban J connectivity index is 1.67. The van der Waals surface area contributed by atoms with Crippen LogP contribution in [0.1, 0.15) is 10.6 Å². The van der Waals surface area contributed by atoms with Gasteiger partial charge in [0.15, 0.2) is 5.01 Å². The molecule has 3 aromatic rings.